The number of fused-ring (bicyclic) bond motifs is 1. The number of aromatic nitrogens is 2. The van der Waals surface area contributed by atoms with Gasteiger partial charge < -0.3 is 15.1 Å². The molecule has 1 saturated carbocycles. The zero-order valence-electron chi connectivity index (χ0n) is 15.5. The average molecular weight is 379 g/mol. The van der Waals surface area contributed by atoms with Crippen molar-refractivity contribution in [3.8, 4) is 6.07 Å². The zero-order chi connectivity index (χ0) is 19.9. The summed E-state index contributed by atoms with van der Waals surface area (Å²) in [5.74, 6) is 0.0722. The molecule has 4 rings (SSSR count). The quantitative estimate of drug-likeness (QED) is 0.704. The van der Waals surface area contributed by atoms with E-state index in [-0.39, 0.29) is 23.6 Å². The molecule has 0 radical (unpaired) electrons. The van der Waals surface area contributed by atoms with E-state index in [2.05, 4.69) is 27.5 Å². The van der Waals surface area contributed by atoms with Crippen LogP contribution in [-0.4, -0.2) is 21.4 Å². The van der Waals surface area contributed by atoms with Crippen molar-refractivity contribution < 1.29 is 13.6 Å². The van der Waals surface area contributed by atoms with Gasteiger partial charge in [-0.25, -0.2) is 14.4 Å². The lowest BCUT2D eigenvalue weighted by molar-refractivity contribution is 0.0951. The molecule has 1 aliphatic carbocycles. The number of rotatable bonds is 5. The summed E-state index contributed by atoms with van der Waals surface area (Å²) in [5.41, 5.74) is 1.25. The van der Waals surface area contributed by atoms with Gasteiger partial charge in [0.25, 0.3) is 5.91 Å². The van der Waals surface area contributed by atoms with E-state index >= 15 is 0 Å². The molecule has 0 saturated heterocycles. The van der Waals surface area contributed by atoms with E-state index in [4.69, 9.17) is 9.68 Å². The predicted octanol–water partition coefficient (Wildman–Crippen LogP) is 3.44. The first-order chi connectivity index (χ1) is 13.4. The second-order valence-electron chi connectivity index (χ2n) is 7.23. The molecule has 1 amide bonds. The van der Waals surface area contributed by atoms with Gasteiger partial charge in [0.15, 0.2) is 0 Å². The minimum absolute atomic E-state index is 0.0258. The van der Waals surface area contributed by atoms with E-state index in [9.17, 15) is 9.18 Å². The third-order valence-electron chi connectivity index (χ3n) is 4.92. The van der Waals surface area contributed by atoms with Crippen LogP contribution in [0.2, 0.25) is 0 Å². The van der Waals surface area contributed by atoms with Crippen molar-refractivity contribution in [1.82, 2.24) is 15.3 Å². The lowest BCUT2D eigenvalue weighted by atomic mass is 10.1. The molecule has 28 heavy (non-hydrogen) atoms. The Labute approximate surface area is 160 Å². The standard InChI is InChI=1S/C20H18FN5O2/c1-11-15(18(27)23-9-12-3-4-14(21)13(7-12)8-22)16-17(26-20(2)5-6-20)24-10-25-19(16)28-11/h3-4,7,10H,5-6,9H2,1-2H3,(H,23,27)(H,24,25,26). The number of aryl methyl sites for hydroxylation is 1. The van der Waals surface area contributed by atoms with E-state index < -0.39 is 5.82 Å². The highest BCUT2D eigenvalue weighted by atomic mass is 19.1. The zero-order valence-corrected chi connectivity index (χ0v) is 15.5. The van der Waals surface area contributed by atoms with Gasteiger partial charge in [0.2, 0.25) is 5.71 Å². The van der Waals surface area contributed by atoms with Crippen LogP contribution < -0.4 is 10.6 Å². The summed E-state index contributed by atoms with van der Waals surface area (Å²) >= 11 is 0. The van der Waals surface area contributed by atoms with Crippen LogP contribution in [0.4, 0.5) is 10.2 Å². The molecule has 2 N–H and O–H groups in total. The van der Waals surface area contributed by atoms with Gasteiger partial charge in [-0.3, -0.25) is 4.79 Å². The molecular formula is C20H18FN5O2. The van der Waals surface area contributed by atoms with Gasteiger partial charge in [-0.05, 0) is 44.4 Å². The largest absolute Gasteiger partial charge is 0.442 e. The molecule has 0 spiro atoms. The minimum atomic E-state index is -0.587. The van der Waals surface area contributed by atoms with Gasteiger partial charge in [-0.15, -0.1) is 0 Å². The third-order valence-corrected chi connectivity index (χ3v) is 4.92. The Hall–Kier alpha value is -3.47. The Morgan fingerprint density at radius 3 is 2.89 bits per heavy atom. The van der Waals surface area contributed by atoms with Crippen LogP contribution in [-0.2, 0) is 6.54 Å². The van der Waals surface area contributed by atoms with Gasteiger partial charge >= 0.3 is 0 Å². The summed E-state index contributed by atoms with van der Waals surface area (Å²) in [4.78, 5) is 21.3. The lowest BCUT2D eigenvalue weighted by Gasteiger charge is -2.13. The maximum Gasteiger partial charge on any atom is 0.255 e. The number of nitrogens with zero attached hydrogens (tertiary/aromatic N) is 3. The third kappa shape index (κ3) is 3.27. The Balaban J connectivity index is 1.62. The molecule has 0 aliphatic heterocycles. The van der Waals surface area contributed by atoms with Crippen LogP contribution in [0.25, 0.3) is 11.1 Å². The molecule has 1 aliphatic rings. The van der Waals surface area contributed by atoms with Gasteiger partial charge in [0.1, 0.15) is 29.8 Å². The van der Waals surface area contributed by atoms with Gasteiger partial charge in [-0.2, -0.15) is 5.26 Å². The van der Waals surface area contributed by atoms with Gasteiger partial charge in [0, 0.05) is 12.1 Å². The molecule has 2 aromatic heterocycles. The first kappa shape index (κ1) is 17.9. The molecule has 3 aromatic rings. The van der Waals surface area contributed by atoms with Crippen LogP contribution >= 0.6 is 0 Å². The number of hydrogen-bond acceptors (Lipinski definition) is 6. The van der Waals surface area contributed by atoms with Gasteiger partial charge in [-0.1, -0.05) is 6.07 Å². The minimum Gasteiger partial charge on any atom is -0.442 e. The van der Waals surface area contributed by atoms with Crippen molar-refractivity contribution in [2.24, 2.45) is 0 Å². The van der Waals surface area contributed by atoms with Crippen LogP contribution in [0, 0.1) is 24.1 Å². The van der Waals surface area contributed by atoms with E-state index in [0.717, 1.165) is 12.8 Å². The summed E-state index contributed by atoms with van der Waals surface area (Å²) < 4.78 is 19.1. The van der Waals surface area contributed by atoms with E-state index in [0.29, 0.717) is 33.8 Å². The number of halogens is 1. The van der Waals surface area contributed by atoms with Crippen LogP contribution in [0.5, 0.6) is 0 Å². The van der Waals surface area contributed by atoms with Gasteiger partial charge in [0.05, 0.1) is 16.5 Å². The SMILES string of the molecule is Cc1oc2ncnc(NC3(C)CC3)c2c1C(=O)NCc1ccc(F)c(C#N)c1. The summed E-state index contributed by atoms with van der Waals surface area (Å²) in [6, 6.07) is 5.95. The number of carbonyl (C=O) groups excluding carboxylic acids is 1. The maximum absolute atomic E-state index is 13.5. The Morgan fingerprint density at radius 2 is 2.18 bits per heavy atom. The van der Waals surface area contributed by atoms with Crippen molar-refractivity contribution >= 4 is 22.8 Å². The molecule has 8 heteroatoms. The normalized spacial score (nSPS) is 14.5. The first-order valence-electron chi connectivity index (χ1n) is 8.89. The Kier molecular flexibility index (Phi) is 4.23. The van der Waals surface area contributed by atoms with Crippen LogP contribution in [0.15, 0.2) is 28.9 Å². The highest BCUT2D eigenvalue weighted by Crippen LogP contribution is 2.40. The van der Waals surface area contributed by atoms with Crippen molar-refractivity contribution in [2.75, 3.05) is 5.32 Å². The lowest BCUT2D eigenvalue weighted by Crippen LogP contribution is -2.24. The fourth-order valence-electron chi connectivity index (χ4n) is 3.05. The van der Waals surface area contributed by atoms with E-state index in [1.165, 1.54) is 24.5 Å². The highest BCUT2D eigenvalue weighted by Gasteiger charge is 2.38. The molecule has 0 atom stereocenters. The van der Waals surface area contributed by atoms with Crippen LogP contribution in [0.1, 0.15) is 47.0 Å². The average Bonchev–Trinajstić information content (AvgIpc) is 3.29. The summed E-state index contributed by atoms with van der Waals surface area (Å²) in [7, 11) is 0. The van der Waals surface area contributed by atoms with Crippen molar-refractivity contribution in [3.63, 3.8) is 0 Å². The Morgan fingerprint density at radius 1 is 1.39 bits per heavy atom. The van der Waals surface area contributed by atoms with E-state index in [1.54, 1.807) is 13.0 Å². The van der Waals surface area contributed by atoms with E-state index in [1.807, 2.05) is 0 Å². The van der Waals surface area contributed by atoms with Crippen molar-refractivity contribution in [2.45, 2.75) is 38.8 Å². The summed E-state index contributed by atoms with van der Waals surface area (Å²) in [6.45, 7) is 3.94. The number of furan rings is 1. The molecule has 142 valence electrons. The molecular weight excluding hydrogens is 361 g/mol. The molecule has 7 nitrogen and oxygen atoms in total. The molecule has 0 bridgehead atoms. The smallest absolute Gasteiger partial charge is 0.255 e. The summed E-state index contributed by atoms with van der Waals surface area (Å²) in [5, 5.41) is 15.7. The number of anilines is 1. The highest BCUT2D eigenvalue weighted by molar-refractivity contribution is 6.10. The van der Waals surface area contributed by atoms with Crippen molar-refractivity contribution in [3.05, 3.63) is 52.8 Å². The Bertz CT molecular complexity index is 1130. The van der Waals surface area contributed by atoms with Crippen LogP contribution in [0.3, 0.4) is 0 Å². The number of benzene rings is 1. The van der Waals surface area contributed by atoms with Crippen molar-refractivity contribution in [1.29, 1.82) is 5.26 Å². The second kappa shape index (κ2) is 6.60. The number of hydrogen-bond donors (Lipinski definition) is 2. The molecule has 1 aromatic carbocycles. The summed E-state index contributed by atoms with van der Waals surface area (Å²) in [6.07, 6.45) is 3.47. The fraction of sp³-hybridized carbons (Fsp3) is 0.300. The molecule has 0 unspecified atom stereocenters. The maximum atomic E-state index is 13.5. The topological polar surface area (TPSA) is 104 Å². The number of amides is 1. The number of carbonyl (C=O) groups is 1. The fourth-order valence-corrected chi connectivity index (χ4v) is 3.05. The first-order valence-corrected chi connectivity index (χ1v) is 8.89. The number of nitriles is 1. The predicted molar refractivity (Wildman–Crippen MR) is 100 cm³/mol. The molecule has 2 heterocycles. The monoisotopic (exact) mass is 379 g/mol. The molecule has 1 fully saturated rings. The second-order valence-corrected chi connectivity index (χ2v) is 7.23. The number of nitrogens with one attached hydrogen (secondary N) is 2.